The molecule has 40 heavy (non-hydrogen) atoms. The lowest BCUT2D eigenvalue weighted by atomic mass is 9.89. The van der Waals surface area contributed by atoms with Crippen molar-refractivity contribution in [1.82, 2.24) is 0 Å². The van der Waals surface area contributed by atoms with E-state index in [-0.39, 0.29) is 28.0 Å². The molecule has 0 unspecified atom stereocenters. The minimum atomic E-state index is -1.76. The first-order chi connectivity index (χ1) is 18.9. The van der Waals surface area contributed by atoms with Gasteiger partial charge in [-0.05, 0) is 38.1 Å². The third-order valence-corrected chi connectivity index (χ3v) is 7.37. The SMILES string of the molecule is C[C@@H]1O[C@@H](O[C@@H]2[C@@H](O)[C@H](O)[C@H](C)O[C@@H]2c2c(O)cc3oc(-c4ccc(O)cc4)cc(=O)c3c2O)[C@H](O)[C@H](O)[C@H]1O. The first kappa shape index (κ1) is 28.3. The summed E-state index contributed by atoms with van der Waals surface area (Å²) >= 11 is 0. The quantitative estimate of drug-likeness (QED) is 0.210. The van der Waals surface area contributed by atoms with Crippen molar-refractivity contribution in [2.24, 2.45) is 0 Å². The van der Waals surface area contributed by atoms with Crippen molar-refractivity contribution in [2.45, 2.75) is 75.1 Å². The van der Waals surface area contributed by atoms with E-state index >= 15 is 0 Å². The van der Waals surface area contributed by atoms with Crippen LogP contribution in [0.5, 0.6) is 17.2 Å². The van der Waals surface area contributed by atoms with Crippen molar-refractivity contribution in [3.05, 3.63) is 52.2 Å². The predicted octanol–water partition coefficient (Wildman–Crippen LogP) is -0.0289. The summed E-state index contributed by atoms with van der Waals surface area (Å²) in [7, 11) is 0. The fourth-order valence-electron chi connectivity index (χ4n) is 5.06. The molecule has 0 saturated carbocycles. The molecular weight excluding hydrogens is 532 g/mol. The number of aliphatic hydroxyl groups is 5. The Balaban J connectivity index is 1.57. The maximum absolute atomic E-state index is 13.1. The summed E-state index contributed by atoms with van der Waals surface area (Å²) in [5, 5.41) is 83.4. The summed E-state index contributed by atoms with van der Waals surface area (Å²) in [5.74, 6) is -1.22. The lowest BCUT2D eigenvalue weighted by Crippen LogP contribution is -2.61. The van der Waals surface area contributed by atoms with Crippen LogP contribution in [0.4, 0.5) is 0 Å². The molecule has 0 spiro atoms. The number of fused-ring (bicyclic) bond motifs is 1. The molecule has 10 atom stereocenters. The number of phenolic OH excluding ortho intramolecular Hbond substituents is 3. The minimum Gasteiger partial charge on any atom is -0.508 e. The van der Waals surface area contributed by atoms with E-state index in [9.17, 15) is 45.6 Å². The molecule has 0 aliphatic carbocycles. The van der Waals surface area contributed by atoms with Crippen LogP contribution in [0.1, 0.15) is 25.5 Å². The summed E-state index contributed by atoms with van der Waals surface area (Å²) in [6.45, 7) is 2.85. The lowest BCUT2D eigenvalue weighted by Gasteiger charge is -2.46. The van der Waals surface area contributed by atoms with E-state index in [0.29, 0.717) is 5.56 Å². The monoisotopic (exact) mass is 562 g/mol. The number of hydrogen-bond donors (Lipinski definition) is 8. The van der Waals surface area contributed by atoms with E-state index in [2.05, 4.69) is 0 Å². The van der Waals surface area contributed by atoms with Gasteiger partial charge in [0.2, 0.25) is 0 Å². The molecule has 2 aromatic carbocycles. The van der Waals surface area contributed by atoms with Crippen LogP contribution >= 0.6 is 0 Å². The highest BCUT2D eigenvalue weighted by molar-refractivity contribution is 5.88. The van der Waals surface area contributed by atoms with Crippen LogP contribution in [0.3, 0.4) is 0 Å². The van der Waals surface area contributed by atoms with Crippen molar-refractivity contribution in [3.8, 4) is 28.6 Å². The molecule has 2 aliphatic heterocycles. The Kier molecular flexibility index (Phi) is 7.50. The zero-order valence-corrected chi connectivity index (χ0v) is 21.4. The molecule has 13 heteroatoms. The Hall–Kier alpha value is -3.27. The third-order valence-electron chi connectivity index (χ3n) is 7.37. The van der Waals surface area contributed by atoms with Crippen LogP contribution in [-0.4, -0.2) is 96.0 Å². The van der Waals surface area contributed by atoms with Gasteiger partial charge < -0.3 is 59.5 Å². The Labute approximate surface area is 226 Å². The van der Waals surface area contributed by atoms with Crippen LogP contribution in [0.15, 0.2) is 45.6 Å². The number of ether oxygens (including phenoxy) is 3. The number of phenols is 3. The second-order valence-corrected chi connectivity index (χ2v) is 10.1. The van der Waals surface area contributed by atoms with Gasteiger partial charge in [-0.25, -0.2) is 0 Å². The molecule has 13 nitrogen and oxygen atoms in total. The van der Waals surface area contributed by atoms with Gasteiger partial charge in [0.25, 0.3) is 0 Å². The summed E-state index contributed by atoms with van der Waals surface area (Å²) < 4.78 is 22.8. The minimum absolute atomic E-state index is 0.00361. The van der Waals surface area contributed by atoms with Gasteiger partial charge in [0.15, 0.2) is 11.7 Å². The van der Waals surface area contributed by atoms with E-state index in [1.165, 1.54) is 38.1 Å². The van der Waals surface area contributed by atoms with Crippen molar-refractivity contribution >= 4 is 11.0 Å². The summed E-state index contributed by atoms with van der Waals surface area (Å²) in [4.78, 5) is 13.1. The molecule has 3 aromatic rings. The first-order valence-corrected chi connectivity index (χ1v) is 12.6. The van der Waals surface area contributed by atoms with Crippen molar-refractivity contribution in [1.29, 1.82) is 0 Å². The number of hydrogen-bond acceptors (Lipinski definition) is 13. The van der Waals surface area contributed by atoms with Crippen LogP contribution in [0.25, 0.3) is 22.3 Å². The second-order valence-electron chi connectivity index (χ2n) is 10.1. The normalized spacial score (nSPS) is 34.7. The molecule has 2 saturated heterocycles. The highest BCUT2D eigenvalue weighted by Crippen LogP contribution is 2.46. The molecule has 0 radical (unpaired) electrons. The summed E-state index contributed by atoms with van der Waals surface area (Å²) in [6, 6.07) is 8.01. The van der Waals surface area contributed by atoms with E-state index in [1.807, 2.05) is 0 Å². The lowest BCUT2D eigenvalue weighted by molar-refractivity contribution is -0.336. The van der Waals surface area contributed by atoms with E-state index in [4.69, 9.17) is 18.6 Å². The van der Waals surface area contributed by atoms with Crippen molar-refractivity contribution < 1.29 is 59.5 Å². The van der Waals surface area contributed by atoms with E-state index in [1.54, 1.807) is 0 Å². The molecule has 5 rings (SSSR count). The third kappa shape index (κ3) is 4.80. The van der Waals surface area contributed by atoms with Gasteiger partial charge in [-0.1, -0.05) is 0 Å². The highest BCUT2D eigenvalue weighted by atomic mass is 16.7. The Bertz CT molecular complexity index is 1440. The maximum atomic E-state index is 13.1. The van der Waals surface area contributed by atoms with Gasteiger partial charge in [0, 0.05) is 17.7 Å². The smallest absolute Gasteiger partial charge is 0.197 e. The molecular formula is C27H30O13. The molecule has 2 fully saturated rings. The van der Waals surface area contributed by atoms with Crippen LogP contribution in [0, 0.1) is 0 Å². The van der Waals surface area contributed by atoms with Crippen LogP contribution in [-0.2, 0) is 14.2 Å². The Morgan fingerprint density at radius 3 is 2.08 bits per heavy atom. The molecule has 8 N–H and O–H groups in total. The molecule has 1 aromatic heterocycles. The first-order valence-electron chi connectivity index (χ1n) is 12.6. The zero-order chi connectivity index (χ0) is 29.0. The zero-order valence-electron chi connectivity index (χ0n) is 21.4. The fourth-order valence-corrected chi connectivity index (χ4v) is 5.06. The van der Waals surface area contributed by atoms with E-state index < -0.39 is 78.2 Å². The van der Waals surface area contributed by atoms with Gasteiger partial charge in [0.1, 0.15) is 76.7 Å². The highest BCUT2D eigenvalue weighted by Gasteiger charge is 2.50. The molecule has 216 valence electrons. The fraction of sp³-hybridized carbons (Fsp3) is 0.444. The van der Waals surface area contributed by atoms with Crippen LogP contribution < -0.4 is 5.43 Å². The average molecular weight is 563 g/mol. The number of benzene rings is 2. The standard InChI is InChI=1S/C27H30O13/c1-9-20(32)23(35)26(40-27-24(36)22(34)19(31)10(2)38-27)25(37-9)18-14(30)8-16-17(21(18)33)13(29)7-15(39-16)11-3-5-12(28)6-4-11/h3-10,19-20,22-28,30-36H,1-2H3/t9-,10-,19-,20+,22+,23-,24+,25+,26+,27-/m0/s1. The predicted molar refractivity (Wildman–Crippen MR) is 135 cm³/mol. The van der Waals surface area contributed by atoms with Crippen LogP contribution in [0.2, 0.25) is 0 Å². The molecule has 0 bridgehead atoms. The van der Waals surface area contributed by atoms with E-state index in [0.717, 1.165) is 12.1 Å². The number of aliphatic hydroxyl groups excluding tert-OH is 5. The molecule has 2 aliphatic rings. The Morgan fingerprint density at radius 1 is 0.775 bits per heavy atom. The van der Waals surface area contributed by atoms with Gasteiger partial charge in [-0.3, -0.25) is 4.79 Å². The Morgan fingerprint density at radius 2 is 1.40 bits per heavy atom. The van der Waals surface area contributed by atoms with Gasteiger partial charge in [0.05, 0.1) is 17.8 Å². The topological polar surface area (TPSA) is 220 Å². The average Bonchev–Trinajstić information content (AvgIpc) is 2.91. The molecule has 0 amide bonds. The van der Waals surface area contributed by atoms with Gasteiger partial charge in [-0.15, -0.1) is 0 Å². The largest absolute Gasteiger partial charge is 0.508 e. The van der Waals surface area contributed by atoms with Gasteiger partial charge in [-0.2, -0.15) is 0 Å². The maximum Gasteiger partial charge on any atom is 0.197 e. The summed E-state index contributed by atoms with van der Waals surface area (Å²) in [5.41, 5.74) is -0.767. The van der Waals surface area contributed by atoms with Crippen molar-refractivity contribution in [2.75, 3.05) is 0 Å². The number of aromatic hydroxyl groups is 3. The number of rotatable bonds is 4. The summed E-state index contributed by atoms with van der Waals surface area (Å²) in [6.07, 6.45) is -14.8. The molecule has 3 heterocycles. The van der Waals surface area contributed by atoms with Crippen molar-refractivity contribution in [3.63, 3.8) is 0 Å². The van der Waals surface area contributed by atoms with Gasteiger partial charge >= 0.3 is 0 Å². The second kappa shape index (κ2) is 10.6.